The lowest BCUT2D eigenvalue weighted by Gasteiger charge is -2.06. The number of aryl methyl sites for hydroxylation is 1. The first kappa shape index (κ1) is 13.7. The van der Waals surface area contributed by atoms with Crippen LogP contribution in [0.3, 0.4) is 0 Å². The first-order valence-electron chi connectivity index (χ1n) is 6.82. The highest BCUT2D eigenvalue weighted by atomic mass is 16.5. The Morgan fingerprint density at radius 3 is 2.74 bits per heavy atom. The van der Waals surface area contributed by atoms with E-state index in [-0.39, 0.29) is 6.04 Å². The molecule has 2 aromatic rings. The highest BCUT2D eigenvalue weighted by molar-refractivity contribution is 5.20. The van der Waals surface area contributed by atoms with Crippen LogP contribution in [-0.2, 0) is 13.0 Å². The van der Waals surface area contributed by atoms with Gasteiger partial charge in [0.1, 0.15) is 5.75 Å². The summed E-state index contributed by atoms with van der Waals surface area (Å²) in [5.74, 6) is 0.938. The summed E-state index contributed by atoms with van der Waals surface area (Å²) in [4.78, 5) is 0. The van der Waals surface area contributed by atoms with Gasteiger partial charge < -0.3 is 15.0 Å². The topological polar surface area (TPSA) is 40.2 Å². The van der Waals surface area contributed by atoms with Gasteiger partial charge in [-0.3, -0.25) is 0 Å². The van der Waals surface area contributed by atoms with E-state index in [1.807, 2.05) is 37.3 Å². The van der Waals surface area contributed by atoms with Gasteiger partial charge >= 0.3 is 0 Å². The molecule has 1 heterocycles. The summed E-state index contributed by atoms with van der Waals surface area (Å²) in [7, 11) is 0. The predicted octanol–water partition coefficient (Wildman–Crippen LogP) is 2.85. The Hall–Kier alpha value is -1.74. The molecule has 0 saturated heterocycles. The molecule has 19 heavy (non-hydrogen) atoms. The molecular weight excluding hydrogens is 236 g/mol. The maximum atomic E-state index is 5.79. The standard InChI is InChI=1S/C16H22N2O/c1-14(17)12-15-8-10-18(13-15)9-5-11-19-16-6-3-2-4-7-16/h2-4,6-8,10,13-14H,5,9,11-12,17H2,1H3. The molecule has 0 spiro atoms. The van der Waals surface area contributed by atoms with Crippen LogP contribution in [-0.4, -0.2) is 17.2 Å². The molecular formula is C16H22N2O. The lowest BCUT2D eigenvalue weighted by Crippen LogP contribution is -2.17. The van der Waals surface area contributed by atoms with Crippen LogP contribution in [0.15, 0.2) is 48.8 Å². The zero-order valence-electron chi connectivity index (χ0n) is 11.5. The number of rotatable bonds is 7. The minimum atomic E-state index is 0.220. The number of benzene rings is 1. The summed E-state index contributed by atoms with van der Waals surface area (Å²) in [5.41, 5.74) is 7.10. The van der Waals surface area contributed by atoms with Crippen molar-refractivity contribution in [3.63, 3.8) is 0 Å². The van der Waals surface area contributed by atoms with Gasteiger partial charge in [0.15, 0.2) is 0 Å². The zero-order valence-corrected chi connectivity index (χ0v) is 11.5. The second kappa shape index (κ2) is 7.00. The highest BCUT2D eigenvalue weighted by Crippen LogP contribution is 2.09. The third-order valence-corrected chi connectivity index (χ3v) is 2.94. The largest absolute Gasteiger partial charge is 0.494 e. The first-order chi connectivity index (χ1) is 9.24. The number of ether oxygens (including phenoxy) is 1. The lowest BCUT2D eigenvalue weighted by atomic mass is 10.1. The van der Waals surface area contributed by atoms with Gasteiger partial charge in [-0.05, 0) is 43.5 Å². The van der Waals surface area contributed by atoms with Crippen LogP contribution in [0.1, 0.15) is 18.9 Å². The molecule has 1 aromatic carbocycles. The fourth-order valence-corrected chi connectivity index (χ4v) is 2.08. The maximum Gasteiger partial charge on any atom is 0.119 e. The maximum absolute atomic E-state index is 5.79. The van der Waals surface area contributed by atoms with Crippen LogP contribution in [0, 0.1) is 0 Å². The molecule has 0 saturated carbocycles. The van der Waals surface area contributed by atoms with E-state index >= 15 is 0 Å². The van der Waals surface area contributed by atoms with Crippen LogP contribution in [0.5, 0.6) is 5.75 Å². The van der Waals surface area contributed by atoms with Gasteiger partial charge in [-0.2, -0.15) is 0 Å². The summed E-state index contributed by atoms with van der Waals surface area (Å²) >= 11 is 0. The van der Waals surface area contributed by atoms with Crippen LogP contribution in [0.4, 0.5) is 0 Å². The molecule has 0 fully saturated rings. The van der Waals surface area contributed by atoms with Gasteiger partial charge in [0.25, 0.3) is 0 Å². The molecule has 0 radical (unpaired) electrons. The minimum absolute atomic E-state index is 0.220. The number of nitrogens with zero attached hydrogens (tertiary/aromatic N) is 1. The Bertz CT molecular complexity index is 477. The van der Waals surface area contributed by atoms with E-state index in [0.29, 0.717) is 0 Å². The van der Waals surface area contributed by atoms with Crippen LogP contribution in [0.25, 0.3) is 0 Å². The van der Waals surface area contributed by atoms with Crippen molar-refractivity contribution >= 4 is 0 Å². The zero-order chi connectivity index (χ0) is 13.5. The van der Waals surface area contributed by atoms with Gasteiger partial charge in [-0.1, -0.05) is 18.2 Å². The lowest BCUT2D eigenvalue weighted by molar-refractivity contribution is 0.302. The third kappa shape index (κ3) is 4.79. The molecule has 0 aliphatic carbocycles. The smallest absolute Gasteiger partial charge is 0.119 e. The second-order valence-corrected chi connectivity index (χ2v) is 4.95. The van der Waals surface area contributed by atoms with Crippen molar-refractivity contribution in [3.05, 3.63) is 54.4 Å². The van der Waals surface area contributed by atoms with Crippen molar-refractivity contribution < 1.29 is 4.74 Å². The molecule has 1 unspecified atom stereocenters. The molecule has 2 N–H and O–H groups in total. The Morgan fingerprint density at radius 1 is 1.21 bits per heavy atom. The SMILES string of the molecule is CC(N)Cc1ccn(CCCOc2ccccc2)c1. The van der Waals surface area contributed by atoms with Crippen LogP contribution in [0.2, 0.25) is 0 Å². The minimum Gasteiger partial charge on any atom is -0.494 e. The van der Waals surface area contributed by atoms with Crippen LogP contribution < -0.4 is 10.5 Å². The number of para-hydroxylation sites is 1. The molecule has 0 aliphatic rings. The van der Waals surface area contributed by atoms with E-state index in [4.69, 9.17) is 10.5 Å². The Morgan fingerprint density at radius 2 is 2.00 bits per heavy atom. The normalized spacial score (nSPS) is 12.3. The third-order valence-electron chi connectivity index (χ3n) is 2.94. The number of hydrogen-bond acceptors (Lipinski definition) is 2. The van der Waals surface area contributed by atoms with Gasteiger partial charge in [-0.15, -0.1) is 0 Å². The first-order valence-corrected chi connectivity index (χ1v) is 6.82. The molecule has 0 amide bonds. The molecule has 1 atom stereocenters. The van der Waals surface area contributed by atoms with E-state index in [9.17, 15) is 0 Å². The average molecular weight is 258 g/mol. The van der Waals surface area contributed by atoms with E-state index < -0.39 is 0 Å². The van der Waals surface area contributed by atoms with Crippen molar-refractivity contribution in [1.29, 1.82) is 0 Å². The van der Waals surface area contributed by atoms with E-state index in [1.165, 1.54) is 5.56 Å². The van der Waals surface area contributed by atoms with Crippen molar-refractivity contribution in [2.45, 2.75) is 32.4 Å². The predicted molar refractivity (Wildman–Crippen MR) is 78.3 cm³/mol. The summed E-state index contributed by atoms with van der Waals surface area (Å²) in [6, 6.07) is 12.3. The molecule has 102 valence electrons. The summed E-state index contributed by atoms with van der Waals surface area (Å²) in [6.07, 6.45) is 6.22. The molecule has 2 rings (SSSR count). The van der Waals surface area contributed by atoms with Gasteiger partial charge in [0, 0.05) is 25.0 Å². The average Bonchev–Trinajstić information content (AvgIpc) is 2.83. The molecule has 3 nitrogen and oxygen atoms in total. The molecule has 0 aliphatic heterocycles. The molecule has 1 aromatic heterocycles. The molecule has 3 heteroatoms. The molecule has 0 bridgehead atoms. The van der Waals surface area contributed by atoms with Crippen molar-refractivity contribution in [1.82, 2.24) is 4.57 Å². The Balaban J connectivity index is 1.69. The quantitative estimate of drug-likeness (QED) is 0.776. The van der Waals surface area contributed by atoms with Crippen molar-refractivity contribution in [2.75, 3.05) is 6.61 Å². The number of aromatic nitrogens is 1. The van der Waals surface area contributed by atoms with Crippen molar-refractivity contribution in [3.8, 4) is 5.75 Å². The Kier molecular flexibility index (Phi) is 5.04. The van der Waals surface area contributed by atoms with E-state index in [1.54, 1.807) is 0 Å². The number of nitrogens with two attached hydrogens (primary N) is 1. The van der Waals surface area contributed by atoms with Gasteiger partial charge in [0.05, 0.1) is 6.61 Å². The van der Waals surface area contributed by atoms with Crippen molar-refractivity contribution in [2.24, 2.45) is 5.73 Å². The Labute approximate surface area is 115 Å². The van der Waals surface area contributed by atoms with Gasteiger partial charge in [-0.25, -0.2) is 0 Å². The fraction of sp³-hybridized carbons (Fsp3) is 0.375. The highest BCUT2D eigenvalue weighted by Gasteiger charge is 2.00. The monoisotopic (exact) mass is 258 g/mol. The van der Waals surface area contributed by atoms with E-state index in [0.717, 1.165) is 31.7 Å². The van der Waals surface area contributed by atoms with E-state index in [2.05, 4.69) is 23.0 Å². The number of hydrogen-bond donors (Lipinski definition) is 1. The summed E-state index contributed by atoms with van der Waals surface area (Å²) < 4.78 is 7.87. The summed E-state index contributed by atoms with van der Waals surface area (Å²) in [5, 5.41) is 0. The van der Waals surface area contributed by atoms with Crippen LogP contribution >= 0.6 is 0 Å². The van der Waals surface area contributed by atoms with Gasteiger partial charge in [0.2, 0.25) is 0 Å². The fourth-order valence-electron chi connectivity index (χ4n) is 2.08. The second-order valence-electron chi connectivity index (χ2n) is 4.95. The summed E-state index contributed by atoms with van der Waals surface area (Å²) in [6.45, 7) is 3.75.